The van der Waals surface area contributed by atoms with Crippen molar-refractivity contribution >= 4 is 85.6 Å². The average molecular weight is 650 g/mol. The predicted octanol–water partition coefficient (Wildman–Crippen LogP) is 13.9. The van der Waals surface area contributed by atoms with E-state index in [1.165, 1.54) is 113 Å². The van der Waals surface area contributed by atoms with Gasteiger partial charge in [-0.25, -0.2) is 0 Å². The van der Waals surface area contributed by atoms with E-state index < -0.39 is 0 Å². The summed E-state index contributed by atoms with van der Waals surface area (Å²) < 4.78 is 5.18. The summed E-state index contributed by atoms with van der Waals surface area (Å²) in [5, 5.41) is 13.1. The minimum Gasteiger partial charge on any atom is -0.309 e. The van der Waals surface area contributed by atoms with Gasteiger partial charge < -0.3 is 4.57 Å². The lowest BCUT2D eigenvalue weighted by molar-refractivity contribution is 1.20. The second-order valence-corrected chi connectivity index (χ2v) is 14.6. The van der Waals surface area contributed by atoms with Crippen LogP contribution in [0, 0.1) is 0 Å². The quantitative estimate of drug-likeness (QED) is 0.176. The summed E-state index contributed by atoms with van der Waals surface area (Å²) in [5.41, 5.74) is 11.5. The van der Waals surface area contributed by atoms with Crippen LogP contribution in [0.3, 0.4) is 0 Å². The topological polar surface area (TPSA) is 4.93 Å². The summed E-state index contributed by atoms with van der Waals surface area (Å²) in [7, 11) is 0. The molecule has 11 aromatic rings. The lowest BCUT2D eigenvalue weighted by atomic mass is 9.91. The monoisotopic (exact) mass is 649 g/mol. The maximum atomic E-state index is 2.50. The summed E-state index contributed by atoms with van der Waals surface area (Å²) in [6.07, 6.45) is 0. The average Bonchev–Trinajstić information content (AvgIpc) is 3.84. The highest BCUT2D eigenvalue weighted by Crippen LogP contribution is 2.50. The smallest absolute Gasteiger partial charge is 0.0547 e. The molecule has 1 nitrogen and oxygen atoms in total. The fraction of sp³-hybridized carbons (Fsp3) is 0. The highest BCUT2D eigenvalue weighted by molar-refractivity contribution is 7.26. The van der Waals surface area contributed by atoms with E-state index in [0.29, 0.717) is 0 Å². The maximum Gasteiger partial charge on any atom is 0.0547 e. The Morgan fingerprint density at radius 1 is 0.280 bits per heavy atom. The van der Waals surface area contributed by atoms with E-state index in [1.54, 1.807) is 0 Å². The third kappa shape index (κ3) is 3.36. The van der Waals surface area contributed by atoms with Crippen LogP contribution in [-0.2, 0) is 0 Å². The minimum atomic E-state index is 1.20. The zero-order chi connectivity index (χ0) is 32.5. The van der Waals surface area contributed by atoms with Gasteiger partial charge in [0.25, 0.3) is 0 Å². The van der Waals surface area contributed by atoms with Crippen LogP contribution in [0.2, 0.25) is 0 Å². The molecule has 0 radical (unpaired) electrons. The molecule has 0 atom stereocenters. The van der Waals surface area contributed by atoms with Crippen LogP contribution < -0.4 is 0 Å². The fourth-order valence-corrected chi connectivity index (χ4v) is 10.2. The Bertz CT molecular complexity index is 3240. The molecule has 0 unspecified atom stereocenters. The van der Waals surface area contributed by atoms with Gasteiger partial charge in [0.05, 0.1) is 16.7 Å². The molecule has 0 N–H and O–H groups in total. The van der Waals surface area contributed by atoms with Crippen LogP contribution in [0.15, 0.2) is 164 Å². The maximum absolute atomic E-state index is 2.50. The predicted molar refractivity (Wildman–Crippen MR) is 216 cm³/mol. The van der Waals surface area contributed by atoms with E-state index in [4.69, 9.17) is 0 Å². The van der Waals surface area contributed by atoms with E-state index in [0.717, 1.165) is 0 Å². The highest BCUT2D eigenvalue weighted by Gasteiger charge is 2.24. The van der Waals surface area contributed by atoms with E-state index in [-0.39, 0.29) is 0 Å². The number of hydrogen-bond donors (Lipinski definition) is 0. The summed E-state index contributed by atoms with van der Waals surface area (Å²) in [4.78, 5) is 0. The molecule has 0 amide bonds. The van der Waals surface area contributed by atoms with Gasteiger partial charge in [0.15, 0.2) is 0 Å². The van der Waals surface area contributed by atoms with Crippen molar-refractivity contribution in [3.8, 4) is 39.1 Å². The Morgan fingerprint density at radius 2 is 0.880 bits per heavy atom. The molecule has 0 bridgehead atoms. The van der Waals surface area contributed by atoms with Gasteiger partial charge in [0, 0.05) is 36.3 Å². The molecular formula is C48H27NS. The summed E-state index contributed by atoms with van der Waals surface area (Å²) in [5.74, 6) is 0. The molecule has 0 aliphatic heterocycles. The number of hydrogen-bond acceptors (Lipinski definition) is 1. The molecule has 230 valence electrons. The molecule has 0 saturated heterocycles. The second kappa shape index (κ2) is 9.69. The van der Waals surface area contributed by atoms with Gasteiger partial charge >= 0.3 is 0 Å². The molecule has 9 aromatic carbocycles. The molecule has 50 heavy (non-hydrogen) atoms. The summed E-state index contributed by atoms with van der Waals surface area (Å²) >= 11 is 1.89. The van der Waals surface area contributed by atoms with Gasteiger partial charge in [-0.3, -0.25) is 0 Å². The van der Waals surface area contributed by atoms with Gasteiger partial charge in [-0.05, 0) is 90.6 Å². The molecule has 0 saturated carbocycles. The first-order valence-corrected chi connectivity index (χ1v) is 18.1. The Balaban J connectivity index is 1.14. The third-order valence-electron chi connectivity index (χ3n) is 11.2. The first kappa shape index (κ1) is 26.7. The van der Waals surface area contributed by atoms with Crippen molar-refractivity contribution in [2.45, 2.75) is 0 Å². The largest absolute Gasteiger partial charge is 0.309 e. The van der Waals surface area contributed by atoms with Crippen molar-refractivity contribution in [2.24, 2.45) is 0 Å². The van der Waals surface area contributed by atoms with Crippen molar-refractivity contribution in [3.05, 3.63) is 164 Å². The number of thiophene rings is 1. The zero-order valence-corrected chi connectivity index (χ0v) is 27.8. The van der Waals surface area contributed by atoms with E-state index in [9.17, 15) is 0 Å². The lowest BCUT2D eigenvalue weighted by Crippen LogP contribution is -1.96. The van der Waals surface area contributed by atoms with E-state index in [1.807, 2.05) is 11.3 Å². The van der Waals surface area contributed by atoms with Gasteiger partial charge in [0.1, 0.15) is 0 Å². The molecular weight excluding hydrogens is 623 g/mol. The van der Waals surface area contributed by atoms with Crippen LogP contribution >= 0.6 is 11.3 Å². The van der Waals surface area contributed by atoms with Crippen molar-refractivity contribution in [3.63, 3.8) is 0 Å². The van der Waals surface area contributed by atoms with Crippen LogP contribution in [0.1, 0.15) is 0 Å². The lowest BCUT2D eigenvalue weighted by Gasteiger charge is -2.16. The second-order valence-electron chi connectivity index (χ2n) is 13.6. The Morgan fingerprint density at radius 3 is 1.76 bits per heavy atom. The summed E-state index contributed by atoms with van der Waals surface area (Å²) in [6, 6.07) is 61.1. The highest BCUT2D eigenvalue weighted by atomic mass is 32.1. The third-order valence-corrected chi connectivity index (χ3v) is 12.3. The SMILES string of the molecule is c1ccc2c(c1)-c1cccc3c(-c4ccc(-n5c6ccccc6c6c7ccc8sc9ccccc9c8c7ccc65)c5ccccc45)ccc-2c13. The molecule has 0 fully saturated rings. The van der Waals surface area contributed by atoms with Gasteiger partial charge in [-0.15, -0.1) is 11.3 Å². The van der Waals surface area contributed by atoms with Gasteiger partial charge in [-0.2, -0.15) is 0 Å². The number of aromatic nitrogens is 1. The molecule has 12 rings (SSSR count). The van der Waals surface area contributed by atoms with Gasteiger partial charge in [0.2, 0.25) is 0 Å². The summed E-state index contributed by atoms with van der Waals surface area (Å²) in [6.45, 7) is 0. The van der Waals surface area contributed by atoms with E-state index >= 15 is 0 Å². The Kier molecular flexibility index (Phi) is 5.18. The normalized spacial score (nSPS) is 12.4. The number of fused-ring (bicyclic) bond motifs is 13. The first-order valence-electron chi connectivity index (χ1n) is 17.3. The molecule has 2 heterocycles. The number of benzene rings is 9. The number of para-hydroxylation sites is 1. The van der Waals surface area contributed by atoms with Crippen LogP contribution in [-0.4, -0.2) is 4.57 Å². The number of rotatable bonds is 2. The van der Waals surface area contributed by atoms with Crippen molar-refractivity contribution in [2.75, 3.05) is 0 Å². The standard InChI is InChI=1S/C48H27NS/c1-2-12-30-29(11-1)34-16-9-17-35-32(20-21-36(30)46(34)35)31-22-25-42(33-13-4-3-10-28(31)33)49-41-18-7-5-14-39(41)47-37-24-27-45-48(38(37)23-26-43(47)49)40-15-6-8-19-44(40)50-45/h1-27H. The fourth-order valence-electron chi connectivity index (χ4n) is 9.11. The van der Waals surface area contributed by atoms with Crippen molar-refractivity contribution in [1.82, 2.24) is 4.57 Å². The zero-order valence-electron chi connectivity index (χ0n) is 26.9. The first-order chi connectivity index (χ1) is 24.8. The van der Waals surface area contributed by atoms with Crippen molar-refractivity contribution in [1.29, 1.82) is 0 Å². The molecule has 1 aliphatic carbocycles. The van der Waals surface area contributed by atoms with E-state index in [2.05, 4.69) is 168 Å². The molecule has 0 spiro atoms. The molecule has 2 heteroatoms. The minimum absolute atomic E-state index is 1.20. The molecule has 2 aromatic heterocycles. The Hall–Kier alpha value is -6.22. The van der Waals surface area contributed by atoms with Crippen molar-refractivity contribution < 1.29 is 0 Å². The molecule has 1 aliphatic rings. The van der Waals surface area contributed by atoms with Crippen LogP contribution in [0.4, 0.5) is 0 Å². The Labute approximate surface area is 291 Å². The van der Waals surface area contributed by atoms with Gasteiger partial charge in [-0.1, -0.05) is 133 Å². The van der Waals surface area contributed by atoms with Crippen LogP contribution in [0.5, 0.6) is 0 Å². The number of nitrogens with zero attached hydrogens (tertiary/aromatic N) is 1. The van der Waals surface area contributed by atoms with Crippen LogP contribution in [0.25, 0.3) is 113 Å².